The van der Waals surface area contributed by atoms with Crippen molar-refractivity contribution in [3.8, 4) is 0 Å². The molecule has 0 aromatic heterocycles. The first-order valence-corrected chi connectivity index (χ1v) is 11.9. The highest BCUT2D eigenvalue weighted by Crippen LogP contribution is 2.40. The summed E-state index contributed by atoms with van der Waals surface area (Å²) >= 11 is 0. The van der Waals surface area contributed by atoms with Gasteiger partial charge in [0.1, 0.15) is 0 Å². The van der Waals surface area contributed by atoms with Crippen LogP contribution in [-0.2, 0) is 0 Å². The predicted molar refractivity (Wildman–Crippen MR) is 151 cm³/mol. The minimum Gasteiger partial charge on any atom is -0.344 e. The molecule has 6 aromatic rings. The molecule has 0 aliphatic carbocycles. The Hall–Kier alpha value is -4.56. The lowest BCUT2D eigenvalue weighted by molar-refractivity contribution is 1.22. The highest BCUT2D eigenvalue weighted by molar-refractivity contribution is 6.12. The summed E-state index contributed by atoms with van der Waals surface area (Å²) in [6, 6.07) is 49.4. The third kappa shape index (κ3) is 3.89. The van der Waals surface area contributed by atoms with Crippen LogP contribution in [0.2, 0.25) is 0 Å². The Morgan fingerprint density at radius 2 is 0.800 bits per heavy atom. The standard InChI is InChI=1S/C33H26N2/c1-34(33-31-18-10-8-12-25(31)24-26-13-9-11-19-32(26)33)27-20-22-30(23-21-27)35(28-14-4-2-5-15-28)29-16-6-3-7-17-29/h2-24H,1H3. The third-order valence-corrected chi connectivity index (χ3v) is 6.60. The van der Waals surface area contributed by atoms with E-state index in [2.05, 4.69) is 156 Å². The molecule has 168 valence electrons. The highest BCUT2D eigenvalue weighted by atomic mass is 15.1. The summed E-state index contributed by atoms with van der Waals surface area (Å²) in [5.41, 5.74) is 5.78. The van der Waals surface area contributed by atoms with Gasteiger partial charge in [0.25, 0.3) is 0 Å². The van der Waals surface area contributed by atoms with Crippen LogP contribution in [0.1, 0.15) is 0 Å². The molecule has 0 radical (unpaired) electrons. The van der Waals surface area contributed by atoms with Gasteiger partial charge in [-0.25, -0.2) is 0 Å². The van der Waals surface area contributed by atoms with Crippen molar-refractivity contribution in [2.45, 2.75) is 0 Å². The lowest BCUT2D eigenvalue weighted by Crippen LogP contribution is -2.12. The van der Waals surface area contributed by atoms with E-state index in [1.165, 1.54) is 27.2 Å². The molecule has 2 heteroatoms. The van der Waals surface area contributed by atoms with E-state index < -0.39 is 0 Å². The highest BCUT2D eigenvalue weighted by Gasteiger charge is 2.15. The first kappa shape index (κ1) is 21.0. The van der Waals surface area contributed by atoms with Gasteiger partial charge in [0.2, 0.25) is 0 Å². The zero-order chi connectivity index (χ0) is 23.6. The molecule has 0 amide bonds. The number of para-hydroxylation sites is 2. The number of nitrogens with zero attached hydrogens (tertiary/aromatic N) is 2. The summed E-state index contributed by atoms with van der Waals surface area (Å²) in [6.45, 7) is 0. The summed E-state index contributed by atoms with van der Waals surface area (Å²) < 4.78 is 0. The average molecular weight is 451 g/mol. The van der Waals surface area contributed by atoms with Gasteiger partial charge in [0.15, 0.2) is 0 Å². The van der Waals surface area contributed by atoms with E-state index in [9.17, 15) is 0 Å². The Morgan fingerprint density at radius 3 is 1.31 bits per heavy atom. The Balaban J connectivity index is 1.44. The van der Waals surface area contributed by atoms with Crippen LogP contribution < -0.4 is 9.80 Å². The van der Waals surface area contributed by atoms with Gasteiger partial charge in [-0.15, -0.1) is 0 Å². The summed E-state index contributed by atoms with van der Waals surface area (Å²) in [5.74, 6) is 0. The van der Waals surface area contributed by atoms with E-state index in [-0.39, 0.29) is 0 Å². The number of fused-ring (bicyclic) bond motifs is 2. The summed E-state index contributed by atoms with van der Waals surface area (Å²) in [4.78, 5) is 4.60. The van der Waals surface area contributed by atoms with E-state index in [1.807, 2.05) is 0 Å². The molecule has 0 bridgehead atoms. The molecule has 35 heavy (non-hydrogen) atoms. The zero-order valence-corrected chi connectivity index (χ0v) is 19.7. The lowest BCUT2D eigenvalue weighted by Gasteiger charge is -2.27. The Labute approximate surface area is 206 Å². The normalized spacial score (nSPS) is 11.0. The van der Waals surface area contributed by atoms with Crippen molar-refractivity contribution >= 4 is 50.0 Å². The van der Waals surface area contributed by atoms with Gasteiger partial charge in [0.05, 0.1) is 5.69 Å². The Kier molecular flexibility index (Phi) is 5.40. The van der Waals surface area contributed by atoms with Gasteiger partial charge in [-0.05, 0) is 65.4 Å². The molecule has 0 aliphatic rings. The maximum Gasteiger partial charge on any atom is 0.0567 e. The number of hydrogen-bond donors (Lipinski definition) is 0. The third-order valence-electron chi connectivity index (χ3n) is 6.60. The minimum atomic E-state index is 1.13. The quantitative estimate of drug-likeness (QED) is 0.242. The van der Waals surface area contributed by atoms with Crippen LogP contribution in [0.15, 0.2) is 140 Å². The van der Waals surface area contributed by atoms with Crippen molar-refractivity contribution in [2.75, 3.05) is 16.8 Å². The zero-order valence-electron chi connectivity index (χ0n) is 19.7. The molecule has 0 aliphatic heterocycles. The predicted octanol–water partition coefficient (Wildman–Crippen LogP) is 9.23. The second-order valence-corrected chi connectivity index (χ2v) is 8.75. The maximum atomic E-state index is 2.31. The molecule has 0 saturated heterocycles. The van der Waals surface area contributed by atoms with Gasteiger partial charge in [-0.2, -0.15) is 0 Å². The van der Waals surface area contributed by atoms with Crippen LogP contribution in [0.3, 0.4) is 0 Å². The topological polar surface area (TPSA) is 6.48 Å². The van der Waals surface area contributed by atoms with Crippen LogP contribution in [0, 0.1) is 0 Å². The van der Waals surface area contributed by atoms with Gasteiger partial charge >= 0.3 is 0 Å². The molecular weight excluding hydrogens is 424 g/mol. The molecule has 0 saturated carbocycles. The monoisotopic (exact) mass is 450 g/mol. The summed E-state index contributed by atoms with van der Waals surface area (Å²) in [5, 5.41) is 5.02. The van der Waals surface area contributed by atoms with E-state index >= 15 is 0 Å². The van der Waals surface area contributed by atoms with Crippen molar-refractivity contribution in [1.29, 1.82) is 0 Å². The fourth-order valence-electron chi connectivity index (χ4n) is 4.91. The van der Waals surface area contributed by atoms with E-state index in [1.54, 1.807) is 0 Å². The fraction of sp³-hybridized carbons (Fsp3) is 0.0303. The van der Waals surface area contributed by atoms with Gasteiger partial charge in [-0.3, -0.25) is 0 Å². The molecular formula is C33H26N2. The molecule has 6 rings (SSSR count). The number of hydrogen-bond acceptors (Lipinski definition) is 2. The molecule has 2 nitrogen and oxygen atoms in total. The van der Waals surface area contributed by atoms with Crippen molar-refractivity contribution in [1.82, 2.24) is 0 Å². The molecule has 0 fully saturated rings. The number of anilines is 5. The maximum absolute atomic E-state index is 2.31. The van der Waals surface area contributed by atoms with Crippen LogP contribution in [0.25, 0.3) is 21.5 Å². The molecule has 0 N–H and O–H groups in total. The van der Waals surface area contributed by atoms with Gasteiger partial charge in [0, 0.05) is 40.6 Å². The summed E-state index contributed by atoms with van der Waals surface area (Å²) in [7, 11) is 2.16. The first-order chi connectivity index (χ1) is 17.3. The SMILES string of the molecule is CN(c1ccc(N(c2ccccc2)c2ccccc2)cc1)c1c2ccccc2cc2ccccc12. The van der Waals surface area contributed by atoms with E-state index in [0.717, 1.165) is 22.7 Å². The van der Waals surface area contributed by atoms with Crippen LogP contribution in [0.4, 0.5) is 28.4 Å². The van der Waals surface area contributed by atoms with E-state index in [0.29, 0.717) is 0 Å². The van der Waals surface area contributed by atoms with Gasteiger partial charge < -0.3 is 9.80 Å². The molecule has 0 atom stereocenters. The molecule has 0 heterocycles. The molecule has 0 spiro atoms. The average Bonchev–Trinajstić information content (AvgIpc) is 2.93. The van der Waals surface area contributed by atoms with Crippen molar-refractivity contribution < 1.29 is 0 Å². The van der Waals surface area contributed by atoms with Crippen LogP contribution in [0.5, 0.6) is 0 Å². The second-order valence-electron chi connectivity index (χ2n) is 8.75. The summed E-state index contributed by atoms with van der Waals surface area (Å²) in [6.07, 6.45) is 0. The van der Waals surface area contributed by atoms with Crippen LogP contribution >= 0.6 is 0 Å². The second kappa shape index (κ2) is 9.00. The van der Waals surface area contributed by atoms with Crippen molar-refractivity contribution in [3.63, 3.8) is 0 Å². The van der Waals surface area contributed by atoms with Crippen molar-refractivity contribution in [3.05, 3.63) is 140 Å². The fourth-order valence-corrected chi connectivity index (χ4v) is 4.91. The lowest BCUT2D eigenvalue weighted by atomic mass is 10.00. The largest absolute Gasteiger partial charge is 0.344 e. The minimum absolute atomic E-state index is 1.13. The number of rotatable bonds is 5. The molecule has 0 unspecified atom stereocenters. The van der Waals surface area contributed by atoms with Crippen LogP contribution in [-0.4, -0.2) is 7.05 Å². The number of benzene rings is 6. The Bertz CT molecular complexity index is 1500. The Morgan fingerprint density at radius 1 is 0.400 bits per heavy atom. The van der Waals surface area contributed by atoms with Gasteiger partial charge in [-0.1, -0.05) is 84.9 Å². The van der Waals surface area contributed by atoms with E-state index in [4.69, 9.17) is 0 Å². The van der Waals surface area contributed by atoms with Crippen molar-refractivity contribution in [2.24, 2.45) is 0 Å². The smallest absolute Gasteiger partial charge is 0.0567 e. The molecule has 6 aromatic carbocycles. The first-order valence-electron chi connectivity index (χ1n) is 11.9.